The molecule has 0 spiro atoms. The highest BCUT2D eigenvalue weighted by atomic mass is 35.5. The van der Waals surface area contributed by atoms with E-state index in [4.69, 9.17) is 11.6 Å². The number of benzene rings is 1. The van der Waals surface area contributed by atoms with Crippen molar-refractivity contribution in [2.45, 2.75) is 44.6 Å². The van der Waals surface area contributed by atoms with Crippen LogP contribution < -0.4 is 5.32 Å². The Morgan fingerprint density at radius 1 is 1.26 bits per heavy atom. The Kier molecular flexibility index (Phi) is 5.45. The van der Waals surface area contributed by atoms with E-state index in [0.717, 1.165) is 29.7 Å². The third-order valence-corrected chi connectivity index (χ3v) is 6.53. The number of amides is 2. The van der Waals surface area contributed by atoms with Crippen molar-refractivity contribution in [2.24, 2.45) is 5.92 Å². The lowest BCUT2D eigenvalue weighted by Gasteiger charge is -2.23. The van der Waals surface area contributed by atoms with Gasteiger partial charge in [0.1, 0.15) is 0 Å². The molecule has 1 N–H and O–H groups in total. The van der Waals surface area contributed by atoms with Gasteiger partial charge in [-0.2, -0.15) is 0 Å². The van der Waals surface area contributed by atoms with Gasteiger partial charge < -0.3 is 10.2 Å². The number of thiazole rings is 1. The van der Waals surface area contributed by atoms with Gasteiger partial charge in [-0.15, -0.1) is 11.3 Å². The SMILES string of the molecule is O=C(Nc1ncc(Cc2ccc(Cl)cc2)s1)[C@H]1CC(=O)N(C2CCCC2)C1. The van der Waals surface area contributed by atoms with E-state index in [0.29, 0.717) is 29.2 Å². The third kappa shape index (κ3) is 4.33. The fourth-order valence-corrected chi connectivity index (χ4v) is 4.91. The minimum atomic E-state index is -0.276. The van der Waals surface area contributed by atoms with Gasteiger partial charge in [0.2, 0.25) is 11.8 Å². The summed E-state index contributed by atoms with van der Waals surface area (Å²) in [7, 11) is 0. The molecule has 2 heterocycles. The van der Waals surface area contributed by atoms with E-state index in [1.54, 1.807) is 6.20 Å². The van der Waals surface area contributed by atoms with Crippen LogP contribution in [-0.2, 0) is 16.0 Å². The lowest BCUT2D eigenvalue weighted by atomic mass is 10.1. The molecule has 5 nitrogen and oxygen atoms in total. The predicted octanol–water partition coefficient (Wildman–Crippen LogP) is 4.12. The highest BCUT2D eigenvalue weighted by molar-refractivity contribution is 7.15. The first kappa shape index (κ1) is 18.4. The molecular weight excluding hydrogens is 382 g/mol. The molecule has 2 aromatic rings. The number of carbonyl (C=O) groups excluding carboxylic acids is 2. The first-order chi connectivity index (χ1) is 13.1. The highest BCUT2D eigenvalue weighted by Crippen LogP contribution is 2.30. The van der Waals surface area contributed by atoms with Crippen molar-refractivity contribution in [1.29, 1.82) is 0 Å². The largest absolute Gasteiger partial charge is 0.339 e. The van der Waals surface area contributed by atoms with Crippen LogP contribution in [0.3, 0.4) is 0 Å². The summed E-state index contributed by atoms with van der Waals surface area (Å²) >= 11 is 7.39. The molecule has 2 aliphatic rings. The van der Waals surface area contributed by atoms with Gasteiger partial charge in [0.15, 0.2) is 5.13 Å². The van der Waals surface area contributed by atoms with E-state index in [-0.39, 0.29) is 17.7 Å². The van der Waals surface area contributed by atoms with Crippen LogP contribution in [0.1, 0.15) is 42.5 Å². The molecule has 1 aliphatic heterocycles. The molecule has 27 heavy (non-hydrogen) atoms. The normalized spacial score (nSPS) is 20.4. The minimum absolute atomic E-state index is 0.101. The van der Waals surface area contributed by atoms with Crippen LogP contribution >= 0.6 is 22.9 Å². The van der Waals surface area contributed by atoms with Gasteiger partial charge in [0, 0.05) is 41.5 Å². The zero-order chi connectivity index (χ0) is 18.8. The Morgan fingerprint density at radius 2 is 2.00 bits per heavy atom. The number of hydrogen-bond acceptors (Lipinski definition) is 4. The smallest absolute Gasteiger partial charge is 0.231 e. The van der Waals surface area contributed by atoms with E-state index in [2.05, 4.69) is 10.3 Å². The van der Waals surface area contributed by atoms with Crippen molar-refractivity contribution in [3.8, 4) is 0 Å². The Morgan fingerprint density at radius 3 is 2.74 bits per heavy atom. The summed E-state index contributed by atoms with van der Waals surface area (Å²) in [6, 6.07) is 8.05. The Hall–Kier alpha value is -1.92. The van der Waals surface area contributed by atoms with Crippen LogP contribution in [0.25, 0.3) is 0 Å². The minimum Gasteiger partial charge on any atom is -0.339 e. The third-order valence-electron chi connectivity index (χ3n) is 5.37. The highest BCUT2D eigenvalue weighted by Gasteiger charge is 2.38. The Balaban J connectivity index is 1.34. The number of nitrogens with one attached hydrogen (secondary N) is 1. The maximum Gasteiger partial charge on any atom is 0.231 e. The second-order valence-electron chi connectivity index (χ2n) is 7.31. The van der Waals surface area contributed by atoms with Gasteiger partial charge in [-0.25, -0.2) is 4.98 Å². The van der Waals surface area contributed by atoms with Gasteiger partial charge in [-0.3, -0.25) is 9.59 Å². The number of likely N-dealkylation sites (tertiary alicyclic amines) is 1. The van der Waals surface area contributed by atoms with Gasteiger partial charge in [-0.1, -0.05) is 36.6 Å². The van der Waals surface area contributed by atoms with E-state index >= 15 is 0 Å². The fraction of sp³-hybridized carbons (Fsp3) is 0.450. The van der Waals surface area contributed by atoms with Gasteiger partial charge in [-0.05, 0) is 30.5 Å². The average Bonchev–Trinajstić information content (AvgIpc) is 3.38. The standard InChI is InChI=1S/C20H22ClN3O2S/c21-15-7-5-13(6-8-15)9-17-11-22-20(27-17)23-19(26)14-10-18(25)24(12-14)16-3-1-2-4-16/h5-8,11,14,16H,1-4,9-10,12H2,(H,22,23,26)/t14-/m0/s1. The van der Waals surface area contributed by atoms with E-state index < -0.39 is 0 Å². The molecule has 1 saturated carbocycles. The van der Waals surface area contributed by atoms with Crippen molar-refractivity contribution >= 4 is 39.9 Å². The van der Waals surface area contributed by atoms with E-state index in [1.807, 2.05) is 29.2 Å². The number of aromatic nitrogens is 1. The number of halogens is 1. The van der Waals surface area contributed by atoms with Crippen molar-refractivity contribution in [3.05, 3.63) is 45.9 Å². The molecule has 7 heteroatoms. The van der Waals surface area contributed by atoms with Crippen LogP contribution in [0.4, 0.5) is 5.13 Å². The zero-order valence-corrected chi connectivity index (χ0v) is 16.6. The molecule has 1 atom stereocenters. The van der Waals surface area contributed by atoms with E-state index in [1.165, 1.54) is 24.2 Å². The quantitative estimate of drug-likeness (QED) is 0.816. The molecule has 1 saturated heterocycles. The summed E-state index contributed by atoms with van der Waals surface area (Å²) in [5.74, 6) is -0.262. The number of nitrogens with zero attached hydrogens (tertiary/aromatic N) is 2. The molecule has 0 bridgehead atoms. The Bertz CT molecular complexity index is 830. The summed E-state index contributed by atoms with van der Waals surface area (Å²) < 4.78 is 0. The number of carbonyl (C=O) groups is 2. The number of anilines is 1. The van der Waals surface area contributed by atoms with Crippen LogP contribution in [0, 0.1) is 5.92 Å². The molecule has 0 unspecified atom stereocenters. The lowest BCUT2D eigenvalue weighted by molar-refractivity contribution is -0.129. The van der Waals surface area contributed by atoms with Crippen LogP contribution in [0.15, 0.2) is 30.5 Å². The summed E-state index contributed by atoms with van der Waals surface area (Å²) in [5.41, 5.74) is 1.15. The molecule has 2 amide bonds. The first-order valence-corrected chi connectivity index (χ1v) is 10.6. The van der Waals surface area contributed by atoms with Gasteiger partial charge in [0.25, 0.3) is 0 Å². The van der Waals surface area contributed by atoms with Gasteiger partial charge >= 0.3 is 0 Å². The van der Waals surface area contributed by atoms with Gasteiger partial charge in [0.05, 0.1) is 5.92 Å². The number of hydrogen-bond donors (Lipinski definition) is 1. The molecule has 2 fully saturated rings. The van der Waals surface area contributed by atoms with Crippen molar-refractivity contribution in [2.75, 3.05) is 11.9 Å². The van der Waals surface area contributed by atoms with Crippen LogP contribution in [0.2, 0.25) is 5.02 Å². The molecule has 1 aromatic heterocycles. The lowest BCUT2D eigenvalue weighted by Crippen LogP contribution is -2.35. The molecule has 1 aromatic carbocycles. The van der Waals surface area contributed by atoms with Crippen molar-refractivity contribution in [1.82, 2.24) is 9.88 Å². The summed E-state index contributed by atoms with van der Waals surface area (Å²) in [6.45, 7) is 0.540. The van der Waals surface area contributed by atoms with Crippen molar-refractivity contribution in [3.63, 3.8) is 0 Å². The maximum absolute atomic E-state index is 12.6. The molecule has 0 radical (unpaired) electrons. The van der Waals surface area contributed by atoms with Crippen LogP contribution in [-0.4, -0.2) is 34.3 Å². The summed E-state index contributed by atoms with van der Waals surface area (Å²) in [6.07, 6.45) is 7.36. The second-order valence-corrected chi connectivity index (χ2v) is 8.86. The second kappa shape index (κ2) is 7.98. The predicted molar refractivity (Wildman–Crippen MR) is 107 cm³/mol. The first-order valence-electron chi connectivity index (χ1n) is 9.38. The Labute approximate surface area is 167 Å². The molecular formula is C20H22ClN3O2S. The summed E-state index contributed by atoms with van der Waals surface area (Å²) in [4.78, 5) is 32.2. The zero-order valence-electron chi connectivity index (χ0n) is 15.0. The summed E-state index contributed by atoms with van der Waals surface area (Å²) in [5, 5.41) is 4.21. The van der Waals surface area contributed by atoms with E-state index in [9.17, 15) is 9.59 Å². The van der Waals surface area contributed by atoms with Crippen molar-refractivity contribution < 1.29 is 9.59 Å². The monoisotopic (exact) mass is 403 g/mol. The van der Waals surface area contributed by atoms with Crippen LogP contribution in [0.5, 0.6) is 0 Å². The molecule has 142 valence electrons. The molecule has 4 rings (SSSR count). The topological polar surface area (TPSA) is 62.3 Å². The number of rotatable bonds is 5. The average molecular weight is 404 g/mol. The molecule has 1 aliphatic carbocycles. The fourth-order valence-electron chi connectivity index (χ4n) is 3.93. The maximum atomic E-state index is 12.6.